The molecule has 84 valence electrons. The summed E-state index contributed by atoms with van der Waals surface area (Å²) in [7, 11) is 0. The Labute approximate surface area is 87.6 Å². The van der Waals surface area contributed by atoms with Crippen molar-refractivity contribution in [3.05, 3.63) is 0 Å². The van der Waals surface area contributed by atoms with Crippen molar-refractivity contribution in [3.63, 3.8) is 0 Å². The quantitative estimate of drug-likeness (QED) is 0.722. The van der Waals surface area contributed by atoms with Crippen LogP contribution in [-0.2, 0) is 4.74 Å². The Hall–Kier alpha value is -0.120. The number of morpholine rings is 1. The third-order valence-electron chi connectivity index (χ3n) is 3.35. The molecule has 1 saturated heterocycles. The molecule has 0 amide bonds. The summed E-state index contributed by atoms with van der Waals surface area (Å²) < 4.78 is 5.36. The van der Waals surface area contributed by atoms with Gasteiger partial charge in [0.2, 0.25) is 0 Å². The van der Waals surface area contributed by atoms with Gasteiger partial charge in [0.1, 0.15) is 0 Å². The van der Waals surface area contributed by atoms with Gasteiger partial charge < -0.3 is 10.5 Å². The van der Waals surface area contributed by atoms with E-state index in [9.17, 15) is 0 Å². The zero-order chi connectivity index (χ0) is 10.4. The normalized spacial score (nSPS) is 21.4. The van der Waals surface area contributed by atoms with E-state index in [1.807, 2.05) is 0 Å². The van der Waals surface area contributed by atoms with Crippen molar-refractivity contribution in [2.45, 2.75) is 32.7 Å². The van der Waals surface area contributed by atoms with Gasteiger partial charge in [0.05, 0.1) is 13.2 Å². The minimum Gasteiger partial charge on any atom is -0.379 e. The van der Waals surface area contributed by atoms with Gasteiger partial charge in [0.25, 0.3) is 0 Å². The average Bonchev–Trinajstić information content (AvgIpc) is 2.27. The molecule has 3 nitrogen and oxygen atoms in total. The SMILES string of the molecule is CCC(CC)[C@@H](CN)N1CCOCC1. The molecule has 0 bridgehead atoms. The van der Waals surface area contributed by atoms with Crippen LogP contribution in [0.4, 0.5) is 0 Å². The highest BCUT2D eigenvalue weighted by molar-refractivity contribution is 4.80. The Balaban J connectivity index is 2.49. The molecule has 0 aromatic rings. The van der Waals surface area contributed by atoms with Crippen LogP contribution in [0.2, 0.25) is 0 Å². The molecule has 0 aromatic carbocycles. The van der Waals surface area contributed by atoms with E-state index in [0.29, 0.717) is 6.04 Å². The molecule has 3 heteroatoms. The van der Waals surface area contributed by atoms with Crippen LogP contribution in [0.3, 0.4) is 0 Å². The lowest BCUT2D eigenvalue weighted by Gasteiger charge is -2.38. The van der Waals surface area contributed by atoms with Crippen LogP contribution in [0.25, 0.3) is 0 Å². The molecule has 2 N–H and O–H groups in total. The van der Waals surface area contributed by atoms with Crippen molar-refractivity contribution in [1.29, 1.82) is 0 Å². The molecule has 0 saturated carbocycles. The molecule has 1 heterocycles. The summed E-state index contributed by atoms with van der Waals surface area (Å²) in [5.41, 5.74) is 5.87. The van der Waals surface area contributed by atoms with Gasteiger partial charge in [-0.05, 0) is 5.92 Å². The first-order chi connectivity index (χ1) is 6.83. The predicted octanol–water partition coefficient (Wildman–Crippen LogP) is 1.08. The highest BCUT2D eigenvalue weighted by Crippen LogP contribution is 2.18. The Bertz CT molecular complexity index is 142. The summed E-state index contributed by atoms with van der Waals surface area (Å²) in [5, 5.41) is 0. The molecule has 14 heavy (non-hydrogen) atoms. The lowest BCUT2D eigenvalue weighted by molar-refractivity contribution is 0.00385. The van der Waals surface area contributed by atoms with Crippen molar-refractivity contribution < 1.29 is 4.74 Å². The van der Waals surface area contributed by atoms with E-state index < -0.39 is 0 Å². The Morgan fingerprint density at radius 2 is 1.79 bits per heavy atom. The van der Waals surface area contributed by atoms with Crippen LogP contribution in [0.1, 0.15) is 26.7 Å². The molecule has 1 atom stereocenters. The number of ether oxygens (including phenoxy) is 1. The average molecular weight is 200 g/mol. The summed E-state index contributed by atoms with van der Waals surface area (Å²) >= 11 is 0. The predicted molar refractivity (Wildman–Crippen MR) is 59.3 cm³/mol. The molecular formula is C11H24N2O. The van der Waals surface area contributed by atoms with E-state index >= 15 is 0 Å². The first kappa shape index (κ1) is 12.0. The molecule has 1 fully saturated rings. The Morgan fingerprint density at radius 3 is 2.21 bits per heavy atom. The van der Waals surface area contributed by atoms with E-state index in [1.54, 1.807) is 0 Å². The van der Waals surface area contributed by atoms with Crippen LogP contribution < -0.4 is 5.73 Å². The Morgan fingerprint density at radius 1 is 1.21 bits per heavy atom. The molecule has 1 rings (SSSR count). The third kappa shape index (κ3) is 2.94. The van der Waals surface area contributed by atoms with Crippen molar-refractivity contribution in [2.75, 3.05) is 32.8 Å². The summed E-state index contributed by atoms with van der Waals surface area (Å²) in [4.78, 5) is 2.50. The van der Waals surface area contributed by atoms with Crippen LogP contribution in [0, 0.1) is 5.92 Å². The Kier molecular flexibility index (Phi) is 5.45. The molecule has 0 spiro atoms. The highest BCUT2D eigenvalue weighted by Gasteiger charge is 2.25. The smallest absolute Gasteiger partial charge is 0.0594 e. The molecule has 0 radical (unpaired) electrons. The van der Waals surface area contributed by atoms with E-state index in [2.05, 4.69) is 18.7 Å². The van der Waals surface area contributed by atoms with Crippen LogP contribution in [-0.4, -0.2) is 43.8 Å². The van der Waals surface area contributed by atoms with Crippen molar-refractivity contribution in [3.8, 4) is 0 Å². The zero-order valence-corrected chi connectivity index (χ0v) is 9.54. The molecule has 1 aliphatic rings. The lowest BCUT2D eigenvalue weighted by Crippen LogP contribution is -2.50. The summed E-state index contributed by atoms with van der Waals surface area (Å²) in [5.74, 6) is 0.748. The fraction of sp³-hybridized carbons (Fsp3) is 1.00. The fourth-order valence-corrected chi connectivity index (χ4v) is 2.38. The maximum absolute atomic E-state index is 5.87. The van der Waals surface area contributed by atoms with Gasteiger partial charge in [-0.15, -0.1) is 0 Å². The minimum absolute atomic E-state index is 0.564. The topological polar surface area (TPSA) is 38.5 Å². The van der Waals surface area contributed by atoms with Crippen molar-refractivity contribution in [2.24, 2.45) is 11.7 Å². The standard InChI is InChI=1S/C11H24N2O/c1-3-10(4-2)11(9-12)13-5-7-14-8-6-13/h10-11H,3-9,12H2,1-2H3/t11-/m1/s1. The molecular weight excluding hydrogens is 176 g/mol. The number of hydrogen-bond donors (Lipinski definition) is 1. The van der Waals surface area contributed by atoms with Crippen LogP contribution >= 0.6 is 0 Å². The van der Waals surface area contributed by atoms with Crippen molar-refractivity contribution >= 4 is 0 Å². The van der Waals surface area contributed by atoms with E-state index in [4.69, 9.17) is 10.5 Å². The number of rotatable bonds is 5. The van der Waals surface area contributed by atoms with Crippen molar-refractivity contribution in [1.82, 2.24) is 4.90 Å². The van der Waals surface area contributed by atoms with Gasteiger partial charge in [0.15, 0.2) is 0 Å². The molecule has 0 aromatic heterocycles. The lowest BCUT2D eigenvalue weighted by atomic mass is 9.92. The second-order valence-corrected chi connectivity index (χ2v) is 4.03. The third-order valence-corrected chi connectivity index (χ3v) is 3.35. The van der Waals surface area contributed by atoms with Gasteiger partial charge >= 0.3 is 0 Å². The molecule has 0 aliphatic carbocycles. The second-order valence-electron chi connectivity index (χ2n) is 4.03. The van der Waals surface area contributed by atoms with E-state index in [1.165, 1.54) is 12.8 Å². The summed E-state index contributed by atoms with van der Waals surface area (Å²) in [6, 6.07) is 0.564. The van der Waals surface area contributed by atoms with Gasteiger partial charge in [0, 0.05) is 25.7 Å². The zero-order valence-electron chi connectivity index (χ0n) is 9.54. The van der Waals surface area contributed by atoms with Gasteiger partial charge in [-0.25, -0.2) is 0 Å². The summed E-state index contributed by atoms with van der Waals surface area (Å²) in [6.07, 6.45) is 2.46. The largest absolute Gasteiger partial charge is 0.379 e. The monoisotopic (exact) mass is 200 g/mol. The fourth-order valence-electron chi connectivity index (χ4n) is 2.38. The first-order valence-corrected chi connectivity index (χ1v) is 5.85. The molecule has 1 aliphatic heterocycles. The van der Waals surface area contributed by atoms with Crippen LogP contribution in [0.15, 0.2) is 0 Å². The maximum Gasteiger partial charge on any atom is 0.0594 e. The minimum atomic E-state index is 0.564. The van der Waals surface area contributed by atoms with E-state index in [-0.39, 0.29) is 0 Å². The number of hydrogen-bond acceptors (Lipinski definition) is 3. The second kappa shape index (κ2) is 6.38. The van der Waals surface area contributed by atoms with Gasteiger partial charge in [-0.1, -0.05) is 26.7 Å². The number of nitrogens with zero attached hydrogens (tertiary/aromatic N) is 1. The van der Waals surface area contributed by atoms with Gasteiger partial charge in [-0.2, -0.15) is 0 Å². The van der Waals surface area contributed by atoms with E-state index in [0.717, 1.165) is 38.8 Å². The maximum atomic E-state index is 5.87. The molecule has 0 unspecified atom stereocenters. The summed E-state index contributed by atoms with van der Waals surface area (Å²) in [6.45, 7) is 9.16. The van der Waals surface area contributed by atoms with Gasteiger partial charge in [-0.3, -0.25) is 4.90 Å². The number of nitrogens with two attached hydrogens (primary N) is 1. The van der Waals surface area contributed by atoms with Crippen LogP contribution in [0.5, 0.6) is 0 Å². The first-order valence-electron chi connectivity index (χ1n) is 5.85. The highest BCUT2D eigenvalue weighted by atomic mass is 16.5.